The van der Waals surface area contributed by atoms with Crippen molar-refractivity contribution in [1.29, 1.82) is 0 Å². The number of alkyl halides is 1. The van der Waals surface area contributed by atoms with E-state index < -0.39 is 11.2 Å². The third kappa shape index (κ3) is 5.07. The quantitative estimate of drug-likeness (QED) is 0.670. The Morgan fingerprint density at radius 1 is 1.50 bits per heavy atom. The van der Waals surface area contributed by atoms with E-state index in [1.54, 1.807) is 19.1 Å². The summed E-state index contributed by atoms with van der Waals surface area (Å²) in [6.45, 7) is 1.83. The third-order valence-electron chi connectivity index (χ3n) is 1.97. The second-order valence-electron chi connectivity index (χ2n) is 3.41. The summed E-state index contributed by atoms with van der Waals surface area (Å²) in [6.07, 6.45) is 0. The number of benzene rings is 1. The lowest BCUT2D eigenvalue weighted by molar-refractivity contribution is -0.120. The van der Waals surface area contributed by atoms with Crippen LogP contribution in [0.25, 0.3) is 0 Å². The van der Waals surface area contributed by atoms with E-state index in [1.807, 2.05) is 0 Å². The Balaban J connectivity index is 2.27. The second-order valence-corrected chi connectivity index (χ2v) is 4.06. The predicted molar refractivity (Wildman–Crippen MR) is 68.0 cm³/mol. The lowest BCUT2D eigenvalue weighted by Gasteiger charge is -2.02. The molecule has 0 saturated heterocycles. The highest BCUT2D eigenvalue weighted by Crippen LogP contribution is 2.14. The Labute approximate surface area is 110 Å². The number of carbonyl (C=O) groups is 1. The van der Waals surface area contributed by atoms with Crippen LogP contribution >= 0.6 is 11.6 Å². The molecule has 1 amide bonds. The van der Waals surface area contributed by atoms with Crippen LogP contribution in [0, 0.1) is 17.7 Å². The van der Waals surface area contributed by atoms with Crippen LogP contribution in [0.3, 0.4) is 0 Å². The maximum atomic E-state index is 13.1. The van der Waals surface area contributed by atoms with Gasteiger partial charge in [-0.3, -0.25) is 4.79 Å². The second kappa shape index (κ2) is 7.57. The van der Waals surface area contributed by atoms with Crippen molar-refractivity contribution in [2.75, 3.05) is 13.2 Å². The first-order valence-corrected chi connectivity index (χ1v) is 5.79. The van der Waals surface area contributed by atoms with Crippen LogP contribution in [-0.4, -0.2) is 24.4 Å². The molecule has 1 atom stereocenters. The topological polar surface area (TPSA) is 38.3 Å². The zero-order chi connectivity index (χ0) is 13.4. The molecule has 1 N–H and O–H groups in total. The Bertz CT molecular complexity index is 466. The van der Waals surface area contributed by atoms with Gasteiger partial charge in [0.15, 0.2) is 11.6 Å². The van der Waals surface area contributed by atoms with Crippen LogP contribution in [0.5, 0.6) is 5.75 Å². The van der Waals surface area contributed by atoms with Crippen LogP contribution in [-0.2, 0) is 4.79 Å². The van der Waals surface area contributed by atoms with Gasteiger partial charge in [0.2, 0.25) is 5.91 Å². The fourth-order valence-corrected chi connectivity index (χ4v) is 1.14. The maximum absolute atomic E-state index is 13.1. The van der Waals surface area contributed by atoms with Gasteiger partial charge < -0.3 is 10.1 Å². The van der Waals surface area contributed by atoms with E-state index in [4.69, 9.17) is 16.3 Å². The first kappa shape index (κ1) is 14.3. The summed E-state index contributed by atoms with van der Waals surface area (Å²) in [7, 11) is 0. The minimum Gasteiger partial charge on any atom is -0.478 e. The highest BCUT2D eigenvalue weighted by molar-refractivity contribution is 6.30. The molecule has 0 fully saturated rings. The largest absolute Gasteiger partial charge is 0.478 e. The van der Waals surface area contributed by atoms with Gasteiger partial charge in [0.25, 0.3) is 0 Å². The van der Waals surface area contributed by atoms with Gasteiger partial charge in [0.1, 0.15) is 12.0 Å². The molecule has 0 saturated carbocycles. The summed E-state index contributed by atoms with van der Waals surface area (Å²) in [6, 6.07) is 6.09. The van der Waals surface area contributed by atoms with Crippen molar-refractivity contribution in [3.8, 4) is 17.6 Å². The van der Waals surface area contributed by atoms with Crippen molar-refractivity contribution in [1.82, 2.24) is 5.32 Å². The maximum Gasteiger partial charge on any atom is 0.238 e. The van der Waals surface area contributed by atoms with Crippen LogP contribution in [0.4, 0.5) is 4.39 Å². The summed E-state index contributed by atoms with van der Waals surface area (Å²) in [5, 5.41) is 1.94. The van der Waals surface area contributed by atoms with Crippen molar-refractivity contribution < 1.29 is 13.9 Å². The van der Waals surface area contributed by atoms with Gasteiger partial charge in [-0.1, -0.05) is 24.0 Å². The number of rotatable bonds is 4. The molecule has 1 rings (SSSR count). The van der Waals surface area contributed by atoms with E-state index >= 15 is 0 Å². The highest BCUT2D eigenvalue weighted by Gasteiger charge is 2.05. The molecule has 0 heterocycles. The summed E-state index contributed by atoms with van der Waals surface area (Å²) in [5.41, 5.74) is 0. The Kier molecular flexibility index (Phi) is 6.03. The summed E-state index contributed by atoms with van der Waals surface area (Å²) in [5.74, 6) is 4.79. The van der Waals surface area contributed by atoms with Gasteiger partial charge in [-0.05, 0) is 19.1 Å². The van der Waals surface area contributed by atoms with E-state index in [-0.39, 0.29) is 24.8 Å². The number of hydrogen-bond donors (Lipinski definition) is 1. The van der Waals surface area contributed by atoms with Gasteiger partial charge in [0, 0.05) is 0 Å². The van der Waals surface area contributed by atoms with E-state index in [0.29, 0.717) is 0 Å². The molecule has 0 radical (unpaired) electrons. The number of para-hydroxylation sites is 1. The van der Waals surface area contributed by atoms with Gasteiger partial charge >= 0.3 is 0 Å². The summed E-state index contributed by atoms with van der Waals surface area (Å²) < 4.78 is 18.2. The molecule has 96 valence electrons. The van der Waals surface area contributed by atoms with Crippen LogP contribution in [0.1, 0.15) is 6.92 Å². The average Bonchev–Trinajstić information content (AvgIpc) is 2.35. The number of ether oxygens (including phenoxy) is 1. The fraction of sp³-hybridized carbons (Fsp3) is 0.308. The zero-order valence-electron chi connectivity index (χ0n) is 9.87. The monoisotopic (exact) mass is 269 g/mol. The molecule has 1 aromatic carbocycles. The zero-order valence-corrected chi connectivity index (χ0v) is 10.6. The highest BCUT2D eigenvalue weighted by atomic mass is 35.5. The molecule has 1 unspecified atom stereocenters. The average molecular weight is 270 g/mol. The molecule has 1 aromatic rings. The van der Waals surface area contributed by atoms with Gasteiger partial charge in [-0.2, -0.15) is 0 Å². The number of hydrogen-bond acceptors (Lipinski definition) is 2. The molecule has 3 nitrogen and oxygen atoms in total. The number of halogens is 2. The Morgan fingerprint density at radius 3 is 2.89 bits per heavy atom. The lowest BCUT2D eigenvalue weighted by atomic mass is 10.3. The molecule has 0 aliphatic rings. The van der Waals surface area contributed by atoms with Crippen LogP contribution in [0.2, 0.25) is 0 Å². The number of nitrogens with one attached hydrogen (secondary N) is 1. The van der Waals surface area contributed by atoms with Gasteiger partial charge in [-0.15, -0.1) is 11.6 Å². The smallest absolute Gasteiger partial charge is 0.238 e. The van der Waals surface area contributed by atoms with E-state index in [2.05, 4.69) is 17.2 Å². The van der Waals surface area contributed by atoms with Crippen molar-refractivity contribution >= 4 is 17.5 Å². The molecule has 0 bridgehead atoms. The summed E-state index contributed by atoms with van der Waals surface area (Å²) >= 11 is 5.54. The van der Waals surface area contributed by atoms with Crippen LogP contribution < -0.4 is 10.1 Å². The molecular weight excluding hydrogens is 257 g/mol. The number of amides is 1. The normalized spacial score (nSPS) is 11.1. The molecule has 18 heavy (non-hydrogen) atoms. The predicted octanol–water partition coefficient (Wildman–Crippen LogP) is 1.95. The standard InChI is InChI=1S/C13H13ClFNO2/c1-10(14)13(17)16-8-4-5-9-18-12-7-3-2-6-11(12)15/h2-3,6-7,10H,8-9H2,1H3,(H,16,17). The van der Waals surface area contributed by atoms with Crippen molar-refractivity contribution in [3.63, 3.8) is 0 Å². The Morgan fingerprint density at radius 2 is 2.22 bits per heavy atom. The molecule has 0 aliphatic carbocycles. The Hall–Kier alpha value is -1.73. The molecule has 0 spiro atoms. The van der Waals surface area contributed by atoms with E-state index in [1.165, 1.54) is 12.1 Å². The first-order valence-electron chi connectivity index (χ1n) is 5.36. The van der Waals surface area contributed by atoms with E-state index in [9.17, 15) is 9.18 Å². The summed E-state index contributed by atoms with van der Waals surface area (Å²) in [4.78, 5) is 11.0. The van der Waals surface area contributed by atoms with Gasteiger partial charge in [-0.25, -0.2) is 4.39 Å². The molecule has 0 aromatic heterocycles. The number of carbonyl (C=O) groups excluding carboxylic acids is 1. The molecule has 5 heteroatoms. The minimum absolute atomic E-state index is 0.0627. The SMILES string of the molecule is CC(Cl)C(=O)NCC#CCOc1ccccc1F. The van der Waals surface area contributed by atoms with Crippen molar-refractivity contribution in [3.05, 3.63) is 30.1 Å². The fourth-order valence-electron chi connectivity index (χ4n) is 1.06. The lowest BCUT2D eigenvalue weighted by Crippen LogP contribution is -2.29. The van der Waals surface area contributed by atoms with Gasteiger partial charge in [0.05, 0.1) is 6.54 Å². The van der Waals surface area contributed by atoms with Crippen molar-refractivity contribution in [2.24, 2.45) is 0 Å². The molecule has 0 aliphatic heterocycles. The van der Waals surface area contributed by atoms with Crippen LogP contribution in [0.15, 0.2) is 24.3 Å². The third-order valence-corrected chi connectivity index (χ3v) is 2.17. The molecular formula is C13H13ClFNO2. The first-order chi connectivity index (χ1) is 8.61. The van der Waals surface area contributed by atoms with E-state index in [0.717, 1.165) is 0 Å². The minimum atomic E-state index is -0.582. The van der Waals surface area contributed by atoms with Crippen molar-refractivity contribution in [2.45, 2.75) is 12.3 Å².